The minimum Gasteiger partial charge on any atom is -0.466 e. The molecule has 1 aromatic carbocycles. The van der Waals surface area contributed by atoms with Gasteiger partial charge in [-0.2, -0.15) is 0 Å². The quantitative estimate of drug-likeness (QED) is 0.489. The highest BCUT2D eigenvalue weighted by Crippen LogP contribution is 2.21. The molecular formula is C13H13BrO3. The van der Waals surface area contributed by atoms with Gasteiger partial charge in [0.2, 0.25) is 0 Å². The topological polar surface area (TPSA) is 43.4 Å². The Labute approximate surface area is 109 Å². The first kappa shape index (κ1) is 13.6. The van der Waals surface area contributed by atoms with Crippen molar-refractivity contribution in [2.75, 3.05) is 7.11 Å². The maximum Gasteiger partial charge on any atom is 0.330 e. The monoisotopic (exact) mass is 296 g/mol. The molecule has 0 aliphatic heterocycles. The van der Waals surface area contributed by atoms with E-state index in [0.29, 0.717) is 5.56 Å². The normalized spacial score (nSPS) is 10.6. The zero-order valence-electron chi connectivity index (χ0n) is 9.91. The molecule has 0 spiro atoms. The standard InChI is InChI=1S/C13H13BrO3/c1-8-7-11(14)9(2)6-10(8)12(15)4-5-13(16)17-3/h4-7H,1-3H3/b5-4+. The summed E-state index contributed by atoms with van der Waals surface area (Å²) in [7, 11) is 1.27. The van der Waals surface area contributed by atoms with E-state index in [2.05, 4.69) is 20.7 Å². The summed E-state index contributed by atoms with van der Waals surface area (Å²) in [6.07, 6.45) is 2.35. The van der Waals surface area contributed by atoms with Gasteiger partial charge in [0.15, 0.2) is 5.78 Å². The third-order valence-corrected chi connectivity index (χ3v) is 3.20. The van der Waals surface area contributed by atoms with Gasteiger partial charge < -0.3 is 4.74 Å². The molecule has 0 atom stereocenters. The summed E-state index contributed by atoms with van der Waals surface area (Å²) < 4.78 is 5.39. The van der Waals surface area contributed by atoms with Crippen molar-refractivity contribution in [1.82, 2.24) is 0 Å². The second-order valence-corrected chi connectivity index (χ2v) is 4.49. The number of esters is 1. The summed E-state index contributed by atoms with van der Waals surface area (Å²) in [6, 6.07) is 3.68. The predicted molar refractivity (Wildman–Crippen MR) is 69.1 cm³/mol. The second-order valence-electron chi connectivity index (χ2n) is 3.64. The fourth-order valence-corrected chi connectivity index (χ4v) is 1.81. The van der Waals surface area contributed by atoms with Crippen LogP contribution in [0.15, 0.2) is 28.8 Å². The van der Waals surface area contributed by atoms with Gasteiger partial charge in [-0.3, -0.25) is 4.79 Å². The van der Waals surface area contributed by atoms with Crippen LogP contribution in [0.3, 0.4) is 0 Å². The van der Waals surface area contributed by atoms with E-state index in [1.165, 1.54) is 13.2 Å². The van der Waals surface area contributed by atoms with E-state index in [0.717, 1.165) is 21.7 Å². The molecule has 0 heterocycles. The van der Waals surface area contributed by atoms with Crippen molar-refractivity contribution in [2.45, 2.75) is 13.8 Å². The SMILES string of the molecule is COC(=O)/C=C/C(=O)c1cc(C)c(Br)cc1C. The molecule has 0 saturated heterocycles. The van der Waals surface area contributed by atoms with Crippen molar-refractivity contribution in [1.29, 1.82) is 0 Å². The van der Waals surface area contributed by atoms with Crippen LogP contribution in [0.5, 0.6) is 0 Å². The van der Waals surface area contributed by atoms with Crippen LogP contribution in [0.2, 0.25) is 0 Å². The van der Waals surface area contributed by atoms with E-state index < -0.39 is 5.97 Å². The summed E-state index contributed by atoms with van der Waals surface area (Å²) >= 11 is 3.40. The fraction of sp³-hybridized carbons (Fsp3) is 0.231. The van der Waals surface area contributed by atoms with Crippen molar-refractivity contribution in [3.8, 4) is 0 Å². The zero-order chi connectivity index (χ0) is 13.0. The van der Waals surface area contributed by atoms with Crippen molar-refractivity contribution in [3.05, 3.63) is 45.4 Å². The Kier molecular flexibility index (Phi) is 4.63. The molecule has 0 amide bonds. The van der Waals surface area contributed by atoms with Gasteiger partial charge in [-0.1, -0.05) is 15.9 Å². The lowest BCUT2D eigenvalue weighted by molar-refractivity contribution is -0.134. The molecule has 0 radical (unpaired) electrons. The lowest BCUT2D eigenvalue weighted by atomic mass is 10.0. The van der Waals surface area contributed by atoms with Gasteiger partial charge in [0.05, 0.1) is 7.11 Å². The minimum absolute atomic E-state index is 0.205. The third-order valence-electron chi connectivity index (χ3n) is 2.34. The number of aryl methyl sites for hydroxylation is 2. The smallest absolute Gasteiger partial charge is 0.330 e. The lowest BCUT2D eigenvalue weighted by Gasteiger charge is -2.05. The highest BCUT2D eigenvalue weighted by Gasteiger charge is 2.08. The van der Waals surface area contributed by atoms with Gasteiger partial charge in [-0.15, -0.1) is 0 Å². The number of carbonyl (C=O) groups is 2. The maximum absolute atomic E-state index is 11.8. The van der Waals surface area contributed by atoms with E-state index in [9.17, 15) is 9.59 Å². The largest absolute Gasteiger partial charge is 0.466 e. The second kappa shape index (κ2) is 5.77. The van der Waals surface area contributed by atoms with Gasteiger partial charge >= 0.3 is 5.97 Å². The fourth-order valence-electron chi connectivity index (χ4n) is 1.35. The molecule has 0 fully saturated rings. The molecule has 1 rings (SSSR count). The Balaban J connectivity index is 3.01. The van der Waals surface area contributed by atoms with Crippen LogP contribution in [0, 0.1) is 13.8 Å². The van der Waals surface area contributed by atoms with Crippen molar-refractivity contribution < 1.29 is 14.3 Å². The predicted octanol–water partition coefficient (Wildman–Crippen LogP) is 2.98. The Morgan fingerprint density at radius 2 is 1.82 bits per heavy atom. The molecule has 0 unspecified atom stereocenters. The first-order chi connectivity index (χ1) is 7.95. The maximum atomic E-state index is 11.8. The van der Waals surface area contributed by atoms with Gasteiger partial charge in [0, 0.05) is 16.1 Å². The highest BCUT2D eigenvalue weighted by molar-refractivity contribution is 9.10. The summed E-state index contributed by atoms with van der Waals surface area (Å²) in [5, 5.41) is 0. The van der Waals surface area contributed by atoms with Crippen LogP contribution in [0.25, 0.3) is 0 Å². The van der Waals surface area contributed by atoms with Crippen LogP contribution in [0.4, 0.5) is 0 Å². The lowest BCUT2D eigenvalue weighted by Crippen LogP contribution is -2.01. The number of ether oxygens (including phenoxy) is 1. The molecule has 0 aliphatic carbocycles. The third kappa shape index (κ3) is 3.53. The average Bonchev–Trinajstić information content (AvgIpc) is 2.30. The molecule has 0 bridgehead atoms. The minimum atomic E-state index is -0.537. The summed E-state index contributed by atoms with van der Waals surface area (Å²) in [5.41, 5.74) is 2.43. The molecule has 0 aliphatic rings. The van der Waals surface area contributed by atoms with Crippen LogP contribution in [-0.4, -0.2) is 18.9 Å². The van der Waals surface area contributed by atoms with Crippen LogP contribution in [0.1, 0.15) is 21.5 Å². The first-order valence-corrected chi connectivity index (χ1v) is 5.82. The highest BCUT2D eigenvalue weighted by atomic mass is 79.9. The van der Waals surface area contributed by atoms with E-state index in [1.54, 1.807) is 6.07 Å². The van der Waals surface area contributed by atoms with E-state index in [1.807, 2.05) is 19.9 Å². The molecule has 3 nitrogen and oxygen atoms in total. The molecule has 17 heavy (non-hydrogen) atoms. The Morgan fingerprint density at radius 1 is 1.18 bits per heavy atom. The summed E-state index contributed by atoms with van der Waals surface area (Å²) in [5.74, 6) is -0.742. The number of carbonyl (C=O) groups excluding carboxylic acids is 2. The summed E-state index contributed by atoms with van der Waals surface area (Å²) in [6.45, 7) is 3.76. The number of rotatable bonds is 3. The van der Waals surface area contributed by atoms with E-state index in [4.69, 9.17) is 0 Å². The number of hydrogen-bond acceptors (Lipinski definition) is 3. The number of ketones is 1. The van der Waals surface area contributed by atoms with Crippen LogP contribution < -0.4 is 0 Å². The van der Waals surface area contributed by atoms with Crippen molar-refractivity contribution >= 4 is 27.7 Å². The number of methoxy groups -OCH3 is 1. The zero-order valence-corrected chi connectivity index (χ0v) is 11.5. The summed E-state index contributed by atoms with van der Waals surface area (Å²) in [4.78, 5) is 22.7. The van der Waals surface area contributed by atoms with Crippen LogP contribution in [-0.2, 0) is 9.53 Å². The first-order valence-electron chi connectivity index (χ1n) is 5.02. The molecule has 0 saturated carbocycles. The van der Waals surface area contributed by atoms with Crippen molar-refractivity contribution in [2.24, 2.45) is 0 Å². The Morgan fingerprint density at radius 3 is 2.41 bits per heavy atom. The molecular weight excluding hydrogens is 284 g/mol. The Bertz CT molecular complexity index is 490. The number of halogens is 1. The number of benzene rings is 1. The molecule has 90 valence electrons. The molecule has 1 aromatic rings. The number of allylic oxidation sites excluding steroid dienone is 1. The van der Waals surface area contributed by atoms with E-state index >= 15 is 0 Å². The van der Waals surface area contributed by atoms with Gasteiger partial charge in [-0.05, 0) is 43.2 Å². The molecule has 4 heteroatoms. The number of hydrogen-bond donors (Lipinski definition) is 0. The molecule has 0 aromatic heterocycles. The van der Waals surface area contributed by atoms with Gasteiger partial charge in [0.1, 0.15) is 0 Å². The van der Waals surface area contributed by atoms with Gasteiger partial charge in [0.25, 0.3) is 0 Å². The average molecular weight is 297 g/mol. The van der Waals surface area contributed by atoms with Crippen molar-refractivity contribution in [3.63, 3.8) is 0 Å². The Hall–Kier alpha value is -1.42. The molecule has 0 N–H and O–H groups in total. The van der Waals surface area contributed by atoms with Gasteiger partial charge in [-0.25, -0.2) is 4.79 Å². The van der Waals surface area contributed by atoms with Crippen LogP contribution >= 0.6 is 15.9 Å². The van der Waals surface area contributed by atoms with E-state index in [-0.39, 0.29) is 5.78 Å².